The van der Waals surface area contributed by atoms with Gasteiger partial charge in [0.1, 0.15) is 4.88 Å². The Labute approximate surface area is 121 Å². The number of carbonyl (C=O) groups excluding carboxylic acids is 2. The highest BCUT2D eigenvalue weighted by molar-refractivity contribution is 7.18. The van der Waals surface area contributed by atoms with E-state index < -0.39 is 11.4 Å². The lowest BCUT2D eigenvalue weighted by Crippen LogP contribution is -2.36. The van der Waals surface area contributed by atoms with Crippen molar-refractivity contribution in [1.29, 1.82) is 0 Å². The minimum Gasteiger partial charge on any atom is -0.477 e. The number of aromatic carboxylic acids is 1. The topological polar surface area (TPSA) is 95.5 Å². The van der Waals surface area contributed by atoms with Crippen LogP contribution in [0.25, 0.3) is 0 Å². The number of carbonyl (C=O) groups is 3. The summed E-state index contributed by atoms with van der Waals surface area (Å²) in [7, 11) is 0. The van der Waals surface area contributed by atoms with Gasteiger partial charge in [-0.2, -0.15) is 0 Å². The van der Waals surface area contributed by atoms with E-state index in [9.17, 15) is 14.4 Å². The monoisotopic (exact) mass is 298 g/mol. The molecule has 0 aliphatic rings. The Bertz CT molecular complexity index is 517. The maximum absolute atomic E-state index is 11.6. The average molecular weight is 298 g/mol. The second-order valence-electron chi connectivity index (χ2n) is 5.27. The quantitative estimate of drug-likeness (QED) is 0.774. The Morgan fingerprint density at radius 1 is 1.25 bits per heavy atom. The summed E-state index contributed by atoms with van der Waals surface area (Å²) in [6.45, 7) is 5.63. The first-order valence-corrected chi connectivity index (χ1v) is 6.93. The van der Waals surface area contributed by atoms with Crippen LogP contribution >= 0.6 is 11.3 Å². The summed E-state index contributed by atoms with van der Waals surface area (Å²) in [5, 5.41) is 14.5. The molecule has 0 spiro atoms. The van der Waals surface area contributed by atoms with Gasteiger partial charge in [0.15, 0.2) is 0 Å². The lowest BCUT2D eigenvalue weighted by atomic mass is 9.96. The SMILES string of the molecule is CC(C)(C)C(=O)NCCC(=O)Nc1ccc(C(=O)O)s1. The van der Waals surface area contributed by atoms with E-state index in [1.807, 2.05) is 0 Å². The van der Waals surface area contributed by atoms with Gasteiger partial charge in [-0.1, -0.05) is 20.8 Å². The molecule has 1 aromatic rings. The highest BCUT2D eigenvalue weighted by Crippen LogP contribution is 2.21. The fraction of sp³-hybridized carbons (Fsp3) is 0.462. The van der Waals surface area contributed by atoms with E-state index in [4.69, 9.17) is 5.11 Å². The van der Waals surface area contributed by atoms with E-state index in [1.54, 1.807) is 26.8 Å². The summed E-state index contributed by atoms with van der Waals surface area (Å²) < 4.78 is 0. The molecule has 2 amide bonds. The van der Waals surface area contributed by atoms with Gasteiger partial charge in [-0.3, -0.25) is 9.59 Å². The van der Waals surface area contributed by atoms with Crippen LogP contribution in [0.5, 0.6) is 0 Å². The standard InChI is InChI=1S/C13H18N2O4S/c1-13(2,3)12(19)14-7-6-9(16)15-10-5-4-8(20-10)11(17)18/h4-5H,6-7H2,1-3H3,(H,14,19)(H,15,16)(H,17,18). The number of hydrogen-bond donors (Lipinski definition) is 3. The highest BCUT2D eigenvalue weighted by atomic mass is 32.1. The fourth-order valence-electron chi connectivity index (χ4n) is 1.27. The van der Waals surface area contributed by atoms with Gasteiger partial charge < -0.3 is 15.7 Å². The van der Waals surface area contributed by atoms with Crippen LogP contribution in [0, 0.1) is 5.41 Å². The molecule has 1 heterocycles. The number of carboxylic acid groups (broad SMARTS) is 1. The maximum Gasteiger partial charge on any atom is 0.345 e. The zero-order chi connectivity index (χ0) is 15.3. The van der Waals surface area contributed by atoms with Crippen LogP contribution in [0.15, 0.2) is 12.1 Å². The molecule has 0 fully saturated rings. The molecule has 6 nitrogen and oxygen atoms in total. The number of thiophene rings is 1. The third-order valence-corrected chi connectivity index (χ3v) is 3.39. The predicted molar refractivity (Wildman–Crippen MR) is 77.0 cm³/mol. The first-order chi connectivity index (χ1) is 9.20. The molecule has 0 radical (unpaired) electrons. The van der Waals surface area contributed by atoms with Crippen molar-refractivity contribution >= 4 is 34.1 Å². The van der Waals surface area contributed by atoms with E-state index in [0.29, 0.717) is 5.00 Å². The van der Waals surface area contributed by atoms with Crippen LogP contribution in [0.1, 0.15) is 36.9 Å². The van der Waals surface area contributed by atoms with Crippen LogP contribution in [-0.2, 0) is 9.59 Å². The zero-order valence-electron chi connectivity index (χ0n) is 11.6. The summed E-state index contributed by atoms with van der Waals surface area (Å²) in [6, 6.07) is 2.98. The number of anilines is 1. The lowest BCUT2D eigenvalue weighted by molar-refractivity contribution is -0.128. The Morgan fingerprint density at radius 3 is 2.40 bits per heavy atom. The second-order valence-corrected chi connectivity index (χ2v) is 6.36. The molecule has 0 aliphatic heterocycles. The predicted octanol–water partition coefficient (Wildman–Crippen LogP) is 1.94. The Balaban J connectivity index is 2.37. The van der Waals surface area contributed by atoms with Gasteiger partial charge in [-0.25, -0.2) is 4.79 Å². The average Bonchev–Trinajstić information content (AvgIpc) is 2.76. The molecule has 0 bridgehead atoms. The second kappa shape index (κ2) is 6.51. The molecule has 0 saturated carbocycles. The van der Waals surface area contributed by atoms with E-state index in [0.717, 1.165) is 11.3 Å². The molecule has 0 aliphatic carbocycles. The summed E-state index contributed by atoms with van der Waals surface area (Å²) in [6.07, 6.45) is 0.141. The number of nitrogens with one attached hydrogen (secondary N) is 2. The van der Waals surface area contributed by atoms with E-state index in [1.165, 1.54) is 6.07 Å². The first kappa shape index (κ1) is 16.2. The summed E-state index contributed by atoms with van der Waals surface area (Å²) in [5.74, 6) is -1.40. The van der Waals surface area contributed by atoms with Gasteiger partial charge in [0.2, 0.25) is 11.8 Å². The van der Waals surface area contributed by atoms with Crippen LogP contribution in [0.3, 0.4) is 0 Å². The van der Waals surface area contributed by atoms with Gasteiger partial charge in [0.05, 0.1) is 5.00 Å². The molecule has 20 heavy (non-hydrogen) atoms. The number of carboxylic acids is 1. The van der Waals surface area contributed by atoms with Crippen LogP contribution < -0.4 is 10.6 Å². The van der Waals surface area contributed by atoms with Gasteiger partial charge in [-0.15, -0.1) is 11.3 Å². The van der Waals surface area contributed by atoms with Gasteiger partial charge >= 0.3 is 5.97 Å². The third-order valence-electron chi connectivity index (χ3n) is 2.40. The molecular weight excluding hydrogens is 280 g/mol. The molecule has 1 rings (SSSR count). The summed E-state index contributed by atoms with van der Waals surface area (Å²) >= 11 is 0.994. The van der Waals surface area contributed by atoms with Gasteiger partial charge in [0, 0.05) is 18.4 Å². The Hall–Kier alpha value is -1.89. The molecule has 3 N–H and O–H groups in total. The molecule has 110 valence electrons. The smallest absolute Gasteiger partial charge is 0.345 e. The highest BCUT2D eigenvalue weighted by Gasteiger charge is 2.20. The summed E-state index contributed by atoms with van der Waals surface area (Å²) in [5.41, 5.74) is -0.485. The lowest BCUT2D eigenvalue weighted by Gasteiger charge is -2.17. The number of amides is 2. The van der Waals surface area contributed by atoms with E-state index in [-0.39, 0.29) is 29.7 Å². The first-order valence-electron chi connectivity index (χ1n) is 6.11. The molecule has 0 saturated heterocycles. The zero-order valence-corrected chi connectivity index (χ0v) is 12.5. The van der Waals surface area contributed by atoms with Gasteiger partial charge in [-0.05, 0) is 12.1 Å². The minimum absolute atomic E-state index is 0.116. The van der Waals surface area contributed by atoms with Crippen LogP contribution in [0.2, 0.25) is 0 Å². The van der Waals surface area contributed by atoms with Crippen molar-refractivity contribution in [3.8, 4) is 0 Å². The maximum atomic E-state index is 11.6. The van der Waals surface area contributed by atoms with Crippen molar-refractivity contribution in [2.75, 3.05) is 11.9 Å². The van der Waals surface area contributed by atoms with Gasteiger partial charge in [0.25, 0.3) is 0 Å². The molecule has 0 unspecified atom stereocenters. The van der Waals surface area contributed by atoms with Crippen molar-refractivity contribution in [2.45, 2.75) is 27.2 Å². The Morgan fingerprint density at radius 2 is 1.90 bits per heavy atom. The molecular formula is C13H18N2O4S. The van der Waals surface area contributed by atoms with E-state index >= 15 is 0 Å². The molecule has 0 aromatic carbocycles. The number of rotatable bonds is 5. The van der Waals surface area contributed by atoms with Crippen molar-refractivity contribution in [2.24, 2.45) is 5.41 Å². The van der Waals surface area contributed by atoms with Crippen molar-refractivity contribution in [3.05, 3.63) is 17.0 Å². The van der Waals surface area contributed by atoms with Crippen molar-refractivity contribution < 1.29 is 19.5 Å². The number of hydrogen-bond acceptors (Lipinski definition) is 4. The van der Waals surface area contributed by atoms with E-state index in [2.05, 4.69) is 10.6 Å². The summed E-state index contributed by atoms with van der Waals surface area (Å²) in [4.78, 5) is 34.1. The van der Waals surface area contributed by atoms with Crippen LogP contribution in [0.4, 0.5) is 5.00 Å². The Kier molecular flexibility index (Phi) is 5.26. The largest absolute Gasteiger partial charge is 0.477 e. The third kappa shape index (κ3) is 5.00. The normalized spacial score (nSPS) is 10.9. The fourth-order valence-corrected chi connectivity index (χ4v) is 2.04. The molecule has 0 atom stereocenters. The van der Waals surface area contributed by atoms with Crippen LogP contribution in [-0.4, -0.2) is 29.4 Å². The minimum atomic E-state index is -1.02. The van der Waals surface area contributed by atoms with Crippen molar-refractivity contribution in [3.63, 3.8) is 0 Å². The van der Waals surface area contributed by atoms with Crippen molar-refractivity contribution in [1.82, 2.24) is 5.32 Å². The molecule has 1 aromatic heterocycles. The molecule has 7 heteroatoms.